The van der Waals surface area contributed by atoms with E-state index in [2.05, 4.69) is 9.30 Å². The molecule has 1 aliphatic heterocycles. The van der Waals surface area contributed by atoms with Gasteiger partial charge in [0.1, 0.15) is 0 Å². The molecule has 7 heteroatoms. The van der Waals surface area contributed by atoms with Crippen molar-refractivity contribution in [1.82, 2.24) is 9.80 Å². The minimum atomic E-state index is -3.75. The fraction of sp³-hybridized carbons (Fsp3) is 0.611. The number of guanidine groups is 1. The molecule has 1 saturated heterocycles. The van der Waals surface area contributed by atoms with Crippen molar-refractivity contribution < 1.29 is 8.42 Å². The van der Waals surface area contributed by atoms with Gasteiger partial charge in [-0.25, -0.2) is 0 Å². The minimum Gasteiger partial charge on any atom is -0.369 e. The summed E-state index contributed by atoms with van der Waals surface area (Å²) in [4.78, 5) is 4.59. The molecule has 0 radical (unpaired) electrons. The van der Waals surface area contributed by atoms with Crippen LogP contribution in [0.4, 0.5) is 0 Å². The van der Waals surface area contributed by atoms with Crippen LogP contribution in [0.3, 0.4) is 0 Å². The monoisotopic (exact) mass is 364 g/mol. The minimum absolute atomic E-state index is 0.101. The molecule has 2 N–H and O–H groups in total. The van der Waals surface area contributed by atoms with Crippen molar-refractivity contribution in [3.63, 3.8) is 0 Å². The van der Waals surface area contributed by atoms with Crippen LogP contribution in [0, 0.1) is 6.92 Å². The van der Waals surface area contributed by atoms with E-state index in [1.807, 2.05) is 11.8 Å². The van der Waals surface area contributed by atoms with Gasteiger partial charge < -0.3 is 10.6 Å². The summed E-state index contributed by atoms with van der Waals surface area (Å²) in [5.74, 6) is 0.101. The van der Waals surface area contributed by atoms with Crippen molar-refractivity contribution >= 4 is 16.0 Å². The smallest absolute Gasteiger partial charge is 0.285 e. The maximum atomic E-state index is 12.4. The second-order valence-electron chi connectivity index (χ2n) is 7.05. The summed E-state index contributed by atoms with van der Waals surface area (Å²) >= 11 is 0. The first-order valence-electron chi connectivity index (χ1n) is 9.12. The maximum Gasteiger partial charge on any atom is 0.285 e. The van der Waals surface area contributed by atoms with Crippen molar-refractivity contribution in [2.24, 2.45) is 10.1 Å². The van der Waals surface area contributed by atoms with Gasteiger partial charge in [-0.3, -0.25) is 4.90 Å². The third kappa shape index (κ3) is 4.52. The summed E-state index contributed by atoms with van der Waals surface area (Å²) in [5, 5.41) is 0. The van der Waals surface area contributed by atoms with Crippen LogP contribution in [0.2, 0.25) is 0 Å². The quantitative estimate of drug-likeness (QED) is 0.655. The first kappa shape index (κ1) is 18.2. The SMILES string of the molecule is Cc1ccc(S(=O)(=O)/N=C(/N)N2CCN(C3CCCCC3)CC2)cc1. The molecule has 3 rings (SSSR count). The van der Waals surface area contributed by atoms with Crippen LogP contribution >= 0.6 is 0 Å². The van der Waals surface area contributed by atoms with Crippen LogP contribution in [0.1, 0.15) is 37.7 Å². The van der Waals surface area contributed by atoms with E-state index in [4.69, 9.17) is 5.73 Å². The zero-order chi connectivity index (χ0) is 17.9. The van der Waals surface area contributed by atoms with E-state index in [1.165, 1.54) is 32.1 Å². The molecule has 0 amide bonds. The van der Waals surface area contributed by atoms with Crippen molar-refractivity contribution in [1.29, 1.82) is 0 Å². The van der Waals surface area contributed by atoms with E-state index in [9.17, 15) is 8.42 Å². The van der Waals surface area contributed by atoms with Crippen LogP contribution in [0.5, 0.6) is 0 Å². The number of nitrogens with two attached hydrogens (primary N) is 1. The molecule has 2 aliphatic rings. The lowest BCUT2D eigenvalue weighted by atomic mass is 9.94. The summed E-state index contributed by atoms with van der Waals surface area (Å²) < 4.78 is 28.7. The standard InChI is InChI=1S/C18H28N4O2S/c1-15-7-9-17(10-8-15)25(23,24)20-18(19)22-13-11-21(12-14-22)16-5-3-2-4-6-16/h7-10,16H,2-6,11-14H2,1H3,(H2,19,20). The van der Waals surface area contributed by atoms with Crippen molar-refractivity contribution in [3.05, 3.63) is 29.8 Å². The number of sulfonamides is 1. The van der Waals surface area contributed by atoms with Gasteiger partial charge in [0.2, 0.25) is 5.96 Å². The Kier molecular flexibility index (Phi) is 5.64. The van der Waals surface area contributed by atoms with Crippen molar-refractivity contribution in [2.75, 3.05) is 26.2 Å². The molecule has 1 aliphatic carbocycles. The van der Waals surface area contributed by atoms with E-state index in [0.29, 0.717) is 6.04 Å². The highest BCUT2D eigenvalue weighted by molar-refractivity contribution is 7.90. The van der Waals surface area contributed by atoms with Gasteiger partial charge in [-0.05, 0) is 31.9 Å². The van der Waals surface area contributed by atoms with E-state index in [0.717, 1.165) is 31.7 Å². The maximum absolute atomic E-state index is 12.4. The predicted octanol–water partition coefficient (Wildman–Crippen LogP) is 1.95. The number of piperazine rings is 1. The van der Waals surface area contributed by atoms with Gasteiger partial charge in [0.05, 0.1) is 4.90 Å². The fourth-order valence-electron chi connectivity index (χ4n) is 3.71. The molecule has 138 valence electrons. The summed E-state index contributed by atoms with van der Waals surface area (Å²) in [5.41, 5.74) is 7.01. The van der Waals surface area contributed by atoms with Gasteiger partial charge in [-0.1, -0.05) is 37.0 Å². The Balaban J connectivity index is 1.62. The van der Waals surface area contributed by atoms with Gasteiger partial charge in [0.25, 0.3) is 10.0 Å². The highest BCUT2D eigenvalue weighted by Gasteiger charge is 2.26. The number of nitrogens with zero attached hydrogens (tertiary/aromatic N) is 3. The van der Waals surface area contributed by atoms with Crippen LogP contribution in [0.15, 0.2) is 33.6 Å². The summed E-state index contributed by atoms with van der Waals surface area (Å²) in [6, 6.07) is 7.36. The Morgan fingerprint density at radius 3 is 2.24 bits per heavy atom. The van der Waals surface area contributed by atoms with E-state index in [1.54, 1.807) is 24.3 Å². The average Bonchev–Trinajstić information content (AvgIpc) is 2.62. The van der Waals surface area contributed by atoms with E-state index < -0.39 is 10.0 Å². The Morgan fingerprint density at radius 1 is 1.04 bits per heavy atom. The molecular weight excluding hydrogens is 336 g/mol. The zero-order valence-corrected chi connectivity index (χ0v) is 15.7. The largest absolute Gasteiger partial charge is 0.369 e. The number of benzene rings is 1. The predicted molar refractivity (Wildman–Crippen MR) is 100 cm³/mol. The highest BCUT2D eigenvalue weighted by Crippen LogP contribution is 2.23. The first-order valence-corrected chi connectivity index (χ1v) is 10.6. The first-order chi connectivity index (χ1) is 12.0. The zero-order valence-electron chi connectivity index (χ0n) is 14.9. The summed E-state index contributed by atoms with van der Waals surface area (Å²) in [7, 11) is -3.75. The van der Waals surface area contributed by atoms with Crippen molar-refractivity contribution in [3.8, 4) is 0 Å². The van der Waals surface area contributed by atoms with E-state index in [-0.39, 0.29) is 10.9 Å². The van der Waals surface area contributed by atoms with Crippen LogP contribution in [0.25, 0.3) is 0 Å². The Morgan fingerprint density at radius 2 is 1.64 bits per heavy atom. The Bertz CT molecular complexity index is 701. The highest BCUT2D eigenvalue weighted by atomic mass is 32.2. The molecule has 6 nitrogen and oxygen atoms in total. The molecule has 1 aromatic rings. The summed E-state index contributed by atoms with van der Waals surface area (Å²) in [6.07, 6.45) is 6.57. The molecule has 0 spiro atoms. The molecule has 0 atom stereocenters. The number of hydrogen-bond acceptors (Lipinski definition) is 3. The van der Waals surface area contributed by atoms with Crippen LogP contribution in [-0.2, 0) is 10.0 Å². The lowest BCUT2D eigenvalue weighted by Crippen LogP contribution is -2.54. The lowest BCUT2D eigenvalue weighted by molar-refractivity contribution is 0.107. The molecule has 1 saturated carbocycles. The van der Waals surface area contributed by atoms with Gasteiger partial charge in [-0.15, -0.1) is 4.40 Å². The third-order valence-electron chi connectivity index (χ3n) is 5.26. The van der Waals surface area contributed by atoms with Crippen molar-refractivity contribution in [2.45, 2.75) is 50.0 Å². The molecule has 0 bridgehead atoms. The molecule has 0 unspecified atom stereocenters. The van der Waals surface area contributed by atoms with Crippen LogP contribution < -0.4 is 5.73 Å². The second-order valence-corrected chi connectivity index (χ2v) is 8.66. The normalized spacial score (nSPS) is 21.5. The molecule has 25 heavy (non-hydrogen) atoms. The molecule has 2 fully saturated rings. The van der Waals surface area contributed by atoms with Gasteiger partial charge >= 0.3 is 0 Å². The number of rotatable bonds is 3. The van der Waals surface area contributed by atoms with Gasteiger partial charge in [0.15, 0.2) is 0 Å². The molecular formula is C18H28N4O2S. The number of aryl methyl sites for hydroxylation is 1. The van der Waals surface area contributed by atoms with Gasteiger partial charge in [-0.2, -0.15) is 8.42 Å². The second kappa shape index (κ2) is 7.74. The summed E-state index contributed by atoms with van der Waals surface area (Å²) in [6.45, 7) is 5.22. The Labute approximate surface area is 150 Å². The number of hydrogen-bond donors (Lipinski definition) is 1. The Hall–Kier alpha value is -1.60. The van der Waals surface area contributed by atoms with Crippen LogP contribution in [-0.4, -0.2) is 56.4 Å². The topological polar surface area (TPSA) is 79.0 Å². The fourth-order valence-corrected chi connectivity index (χ4v) is 4.65. The van der Waals surface area contributed by atoms with E-state index >= 15 is 0 Å². The molecule has 0 aromatic heterocycles. The lowest BCUT2D eigenvalue weighted by Gasteiger charge is -2.41. The molecule has 1 heterocycles. The van der Waals surface area contributed by atoms with Gasteiger partial charge in [0, 0.05) is 32.2 Å². The average molecular weight is 365 g/mol. The molecule has 1 aromatic carbocycles. The third-order valence-corrected chi connectivity index (χ3v) is 6.56.